The van der Waals surface area contributed by atoms with E-state index >= 15 is 0 Å². The summed E-state index contributed by atoms with van der Waals surface area (Å²) >= 11 is 0. The third-order valence-electron chi connectivity index (χ3n) is 2.93. The molecule has 0 aliphatic heterocycles. The molecule has 0 amide bonds. The van der Waals surface area contributed by atoms with Crippen LogP contribution in [-0.2, 0) is 4.79 Å². The molecule has 0 N–H and O–H groups in total. The third-order valence-corrected chi connectivity index (χ3v) is 2.93. The van der Waals surface area contributed by atoms with E-state index in [1.165, 1.54) is 18.4 Å². The van der Waals surface area contributed by atoms with Gasteiger partial charge in [-0.15, -0.1) is 0 Å². The lowest BCUT2D eigenvalue weighted by Gasteiger charge is -2.24. The summed E-state index contributed by atoms with van der Waals surface area (Å²) in [6, 6.07) is 0. The van der Waals surface area contributed by atoms with E-state index in [1.54, 1.807) is 0 Å². The second kappa shape index (κ2) is 4.44. The molecule has 0 radical (unpaired) electrons. The van der Waals surface area contributed by atoms with Crippen LogP contribution in [0, 0.1) is 11.8 Å². The molecule has 0 spiro atoms. The maximum atomic E-state index is 10.7. The number of rotatable bonds is 3. The second-order valence-corrected chi connectivity index (χ2v) is 3.79. The van der Waals surface area contributed by atoms with Gasteiger partial charge in [-0.1, -0.05) is 18.6 Å². The van der Waals surface area contributed by atoms with Crippen LogP contribution in [-0.4, -0.2) is 6.29 Å². The van der Waals surface area contributed by atoms with Crippen molar-refractivity contribution in [2.75, 3.05) is 0 Å². The molecule has 1 aliphatic carbocycles. The highest BCUT2D eigenvalue weighted by molar-refractivity contribution is 5.54. The van der Waals surface area contributed by atoms with Gasteiger partial charge in [0, 0.05) is 5.92 Å². The van der Waals surface area contributed by atoms with Gasteiger partial charge in [-0.3, -0.25) is 0 Å². The minimum atomic E-state index is 0.300. The number of carbonyl (C=O) groups excluding carboxylic acids is 1. The highest BCUT2D eigenvalue weighted by Crippen LogP contribution is 2.29. The Morgan fingerprint density at radius 2 is 2.50 bits per heavy atom. The van der Waals surface area contributed by atoms with Crippen molar-refractivity contribution in [3.8, 4) is 0 Å². The van der Waals surface area contributed by atoms with Gasteiger partial charge in [-0.25, -0.2) is 0 Å². The van der Waals surface area contributed by atoms with Crippen LogP contribution in [0.4, 0.5) is 0 Å². The van der Waals surface area contributed by atoms with E-state index < -0.39 is 0 Å². The van der Waals surface area contributed by atoms with Crippen molar-refractivity contribution in [3.63, 3.8) is 0 Å². The largest absolute Gasteiger partial charge is 0.303 e. The summed E-state index contributed by atoms with van der Waals surface area (Å²) in [6.07, 6.45) is 7.94. The molecule has 1 aliphatic rings. The van der Waals surface area contributed by atoms with Gasteiger partial charge in [0.05, 0.1) is 0 Å². The van der Waals surface area contributed by atoms with Gasteiger partial charge >= 0.3 is 0 Å². The van der Waals surface area contributed by atoms with Crippen LogP contribution in [0.5, 0.6) is 0 Å². The molecular formula is C11H18O. The first-order valence-electron chi connectivity index (χ1n) is 4.88. The molecule has 0 saturated carbocycles. The fourth-order valence-corrected chi connectivity index (χ4v) is 1.92. The van der Waals surface area contributed by atoms with Crippen LogP contribution in [0.15, 0.2) is 11.6 Å². The summed E-state index contributed by atoms with van der Waals surface area (Å²) in [5, 5.41) is 0. The Bertz CT molecular complexity index is 181. The van der Waals surface area contributed by atoms with Crippen molar-refractivity contribution in [1.82, 2.24) is 0 Å². The molecule has 0 bridgehead atoms. The van der Waals surface area contributed by atoms with Gasteiger partial charge in [0.15, 0.2) is 0 Å². The molecule has 1 rings (SSSR count). The average molecular weight is 166 g/mol. The van der Waals surface area contributed by atoms with Crippen molar-refractivity contribution >= 4 is 6.29 Å². The van der Waals surface area contributed by atoms with Crippen LogP contribution in [0.25, 0.3) is 0 Å². The highest BCUT2D eigenvalue weighted by Gasteiger charge is 2.20. The van der Waals surface area contributed by atoms with Gasteiger partial charge in [-0.05, 0) is 38.5 Å². The Hall–Kier alpha value is -0.590. The monoisotopic (exact) mass is 166 g/mol. The third kappa shape index (κ3) is 2.20. The van der Waals surface area contributed by atoms with Gasteiger partial charge < -0.3 is 4.79 Å². The number of allylic oxidation sites excluding steroid dienone is 2. The summed E-state index contributed by atoms with van der Waals surface area (Å²) in [5.74, 6) is 0.922. The summed E-state index contributed by atoms with van der Waals surface area (Å²) in [6.45, 7) is 4.28. The smallest absolute Gasteiger partial charge is 0.123 e. The lowest BCUT2D eigenvalue weighted by molar-refractivity contribution is -0.112. The molecule has 0 saturated heterocycles. The predicted octanol–water partition coefficient (Wildman–Crippen LogP) is 2.96. The van der Waals surface area contributed by atoms with Gasteiger partial charge in [0.2, 0.25) is 0 Å². The summed E-state index contributed by atoms with van der Waals surface area (Å²) < 4.78 is 0. The Labute approximate surface area is 74.9 Å². The van der Waals surface area contributed by atoms with E-state index in [1.807, 2.05) is 0 Å². The Kier molecular flexibility index (Phi) is 3.51. The first-order valence-corrected chi connectivity index (χ1v) is 4.88. The number of hydrogen-bond acceptors (Lipinski definition) is 1. The fraction of sp³-hybridized carbons (Fsp3) is 0.727. The van der Waals surface area contributed by atoms with Crippen LogP contribution >= 0.6 is 0 Å². The molecule has 0 aromatic heterocycles. The molecule has 2 atom stereocenters. The van der Waals surface area contributed by atoms with Crippen molar-refractivity contribution < 1.29 is 4.79 Å². The van der Waals surface area contributed by atoms with E-state index in [9.17, 15) is 4.79 Å². The quantitative estimate of drug-likeness (QED) is 0.465. The topological polar surface area (TPSA) is 17.1 Å². The zero-order valence-electron chi connectivity index (χ0n) is 8.05. The predicted molar refractivity (Wildman–Crippen MR) is 50.9 cm³/mol. The van der Waals surface area contributed by atoms with Gasteiger partial charge in [0.25, 0.3) is 0 Å². The number of aldehydes is 1. The van der Waals surface area contributed by atoms with Crippen molar-refractivity contribution in [3.05, 3.63) is 11.6 Å². The van der Waals surface area contributed by atoms with Crippen molar-refractivity contribution in [2.45, 2.75) is 39.5 Å². The Morgan fingerprint density at radius 1 is 1.75 bits per heavy atom. The van der Waals surface area contributed by atoms with E-state index in [-0.39, 0.29) is 0 Å². The normalized spacial score (nSPS) is 26.2. The molecule has 12 heavy (non-hydrogen) atoms. The maximum Gasteiger partial charge on any atom is 0.123 e. The van der Waals surface area contributed by atoms with Gasteiger partial charge in [-0.2, -0.15) is 0 Å². The van der Waals surface area contributed by atoms with Crippen LogP contribution < -0.4 is 0 Å². The summed E-state index contributed by atoms with van der Waals surface area (Å²) in [5.41, 5.74) is 1.49. The molecule has 0 aromatic rings. The van der Waals surface area contributed by atoms with Crippen molar-refractivity contribution in [2.24, 2.45) is 11.8 Å². The lowest BCUT2D eigenvalue weighted by Crippen LogP contribution is -2.17. The van der Waals surface area contributed by atoms with Crippen LogP contribution in [0.1, 0.15) is 39.5 Å². The highest BCUT2D eigenvalue weighted by atomic mass is 16.1. The molecule has 0 fully saturated rings. The van der Waals surface area contributed by atoms with Crippen LogP contribution in [0.2, 0.25) is 0 Å². The maximum absolute atomic E-state index is 10.7. The average Bonchev–Trinajstić information content (AvgIpc) is 2.10. The van der Waals surface area contributed by atoms with E-state index in [0.717, 1.165) is 19.1 Å². The second-order valence-electron chi connectivity index (χ2n) is 3.79. The minimum absolute atomic E-state index is 0.300. The molecule has 1 nitrogen and oxygen atoms in total. The van der Waals surface area contributed by atoms with E-state index in [4.69, 9.17) is 0 Å². The number of hydrogen-bond donors (Lipinski definition) is 0. The molecule has 1 heteroatoms. The number of carbonyl (C=O) groups is 1. The first-order chi connectivity index (χ1) is 5.77. The fourth-order valence-electron chi connectivity index (χ4n) is 1.92. The Morgan fingerprint density at radius 3 is 2.92 bits per heavy atom. The van der Waals surface area contributed by atoms with E-state index in [2.05, 4.69) is 19.9 Å². The standard InChI is InChI=1S/C11H18O/c1-3-10(8-12)11-6-4-9(2)5-7-11/h4,8,10-11H,3,5-7H2,1-2H3. The van der Waals surface area contributed by atoms with E-state index in [0.29, 0.717) is 11.8 Å². The van der Waals surface area contributed by atoms with Crippen LogP contribution in [0.3, 0.4) is 0 Å². The molecule has 68 valence electrons. The molecule has 0 aromatic carbocycles. The Balaban J connectivity index is 2.49. The summed E-state index contributed by atoms with van der Waals surface area (Å²) in [7, 11) is 0. The lowest BCUT2D eigenvalue weighted by atomic mass is 9.80. The molecule has 2 unspecified atom stereocenters. The molecular weight excluding hydrogens is 148 g/mol. The minimum Gasteiger partial charge on any atom is -0.303 e. The zero-order valence-corrected chi connectivity index (χ0v) is 8.05. The van der Waals surface area contributed by atoms with Crippen molar-refractivity contribution in [1.29, 1.82) is 0 Å². The molecule has 0 heterocycles. The first kappa shape index (κ1) is 9.50. The summed E-state index contributed by atoms with van der Waals surface area (Å²) in [4.78, 5) is 10.7. The van der Waals surface area contributed by atoms with Gasteiger partial charge in [0.1, 0.15) is 6.29 Å². The SMILES string of the molecule is CCC(C=O)C1CC=C(C)CC1. The zero-order chi connectivity index (χ0) is 8.97.